The summed E-state index contributed by atoms with van der Waals surface area (Å²) in [5.74, 6) is 1.10. The van der Waals surface area contributed by atoms with E-state index < -0.39 is 0 Å². The first-order chi connectivity index (χ1) is 7.51. The normalized spacial score (nSPS) is 10.1. The number of carbonyl (C=O) groups excluding carboxylic acids is 1. The van der Waals surface area contributed by atoms with Gasteiger partial charge in [-0.3, -0.25) is 4.79 Å². The topological polar surface area (TPSA) is 35.5 Å². The minimum absolute atomic E-state index is 0.0748. The Morgan fingerprint density at radius 1 is 1.31 bits per heavy atom. The summed E-state index contributed by atoms with van der Waals surface area (Å²) in [6.45, 7) is 3.44. The van der Waals surface area contributed by atoms with Gasteiger partial charge in [0.2, 0.25) is 0 Å². The average molecular weight is 243 g/mol. The molecule has 1 aromatic rings. The molecule has 0 aliphatic heterocycles. The summed E-state index contributed by atoms with van der Waals surface area (Å²) in [5.41, 5.74) is 1.76. The van der Waals surface area contributed by atoms with Crippen molar-refractivity contribution in [2.75, 3.05) is 14.2 Å². The Labute approximate surface area is 100 Å². The number of rotatable bonds is 4. The summed E-state index contributed by atoms with van der Waals surface area (Å²) in [6.07, 6.45) is 0.322. The van der Waals surface area contributed by atoms with Gasteiger partial charge >= 0.3 is 0 Å². The predicted molar refractivity (Wildman–Crippen MR) is 63.7 cm³/mol. The Morgan fingerprint density at radius 2 is 1.88 bits per heavy atom. The summed E-state index contributed by atoms with van der Waals surface area (Å²) in [6, 6.07) is 1.78. The van der Waals surface area contributed by atoms with E-state index in [2.05, 4.69) is 0 Å². The van der Waals surface area contributed by atoms with Gasteiger partial charge < -0.3 is 9.47 Å². The van der Waals surface area contributed by atoms with Gasteiger partial charge in [-0.2, -0.15) is 0 Å². The van der Waals surface area contributed by atoms with Crippen LogP contribution < -0.4 is 9.47 Å². The molecule has 0 aliphatic carbocycles. The Hall–Kier alpha value is -1.22. The number of hydrogen-bond donors (Lipinski definition) is 0. The first-order valence-corrected chi connectivity index (χ1v) is 5.28. The molecule has 3 nitrogen and oxygen atoms in total. The van der Waals surface area contributed by atoms with Crippen LogP contribution in [0.5, 0.6) is 11.5 Å². The molecule has 0 fully saturated rings. The Kier molecular flexibility index (Phi) is 4.19. The number of hydrogen-bond acceptors (Lipinski definition) is 3. The van der Waals surface area contributed by atoms with Crippen LogP contribution in [0.3, 0.4) is 0 Å². The van der Waals surface area contributed by atoms with Crippen molar-refractivity contribution in [3.05, 3.63) is 22.2 Å². The molecule has 88 valence electrons. The smallest absolute Gasteiger partial charge is 0.179 e. The molecule has 0 radical (unpaired) electrons. The van der Waals surface area contributed by atoms with Gasteiger partial charge in [0.1, 0.15) is 5.78 Å². The predicted octanol–water partition coefficient (Wildman–Crippen LogP) is 2.80. The van der Waals surface area contributed by atoms with Crippen LogP contribution in [-0.4, -0.2) is 20.0 Å². The number of aryl methyl sites for hydroxylation is 1. The molecule has 1 rings (SSSR count). The third-order valence-corrected chi connectivity index (χ3v) is 2.63. The van der Waals surface area contributed by atoms with E-state index in [1.165, 1.54) is 14.2 Å². The summed E-state index contributed by atoms with van der Waals surface area (Å²) < 4.78 is 10.4. The van der Waals surface area contributed by atoms with Crippen molar-refractivity contribution in [3.8, 4) is 11.5 Å². The minimum atomic E-state index is 0.0748. The summed E-state index contributed by atoms with van der Waals surface area (Å²) in [5, 5.41) is 0.490. The molecule has 0 aromatic heterocycles. The molecule has 4 heteroatoms. The maximum Gasteiger partial charge on any atom is 0.179 e. The van der Waals surface area contributed by atoms with Crippen LogP contribution in [0, 0.1) is 6.92 Å². The fourth-order valence-electron chi connectivity index (χ4n) is 1.64. The van der Waals surface area contributed by atoms with Crippen molar-refractivity contribution in [1.82, 2.24) is 0 Å². The molecule has 1 aromatic carbocycles. The van der Waals surface area contributed by atoms with E-state index in [1.54, 1.807) is 13.0 Å². The monoisotopic (exact) mass is 242 g/mol. The number of ether oxygens (including phenoxy) is 2. The first-order valence-electron chi connectivity index (χ1n) is 4.90. The second-order valence-electron chi connectivity index (χ2n) is 3.60. The zero-order valence-corrected chi connectivity index (χ0v) is 10.6. The van der Waals surface area contributed by atoms with Crippen LogP contribution in [0.4, 0.5) is 0 Å². The van der Waals surface area contributed by atoms with Crippen LogP contribution in [0.25, 0.3) is 0 Å². The fraction of sp³-hybridized carbons (Fsp3) is 0.417. The molecular formula is C12H15ClO3. The number of methoxy groups -OCH3 is 2. The van der Waals surface area contributed by atoms with Crippen LogP contribution in [0.15, 0.2) is 6.07 Å². The lowest BCUT2D eigenvalue weighted by Gasteiger charge is -2.15. The highest BCUT2D eigenvalue weighted by Crippen LogP contribution is 2.40. The van der Waals surface area contributed by atoms with Gasteiger partial charge in [0.15, 0.2) is 11.5 Å². The van der Waals surface area contributed by atoms with E-state index in [4.69, 9.17) is 21.1 Å². The highest BCUT2D eigenvalue weighted by Gasteiger charge is 2.17. The van der Waals surface area contributed by atoms with Crippen molar-refractivity contribution in [2.45, 2.75) is 20.3 Å². The standard InChI is InChI=1S/C12H15ClO3/c1-7-5-10(13)12(16-4)11(15-3)9(7)6-8(2)14/h5H,6H2,1-4H3. The van der Waals surface area contributed by atoms with E-state index in [0.717, 1.165) is 11.1 Å². The summed E-state index contributed by atoms with van der Waals surface area (Å²) >= 11 is 6.03. The third kappa shape index (κ3) is 2.47. The highest BCUT2D eigenvalue weighted by atomic mass is 35.5. The van der Waals surface area contributed by atoms with Crippen molar-refractivity contribution in [3.63, 3.8) is 0 Å². The number of ketones is 1. The number of benzene rings is 1. The molecule has 0 spiro atoms. The van der Waals surface area contributed by atoms with Crippen LogP contribution in [-0.2, 0) is 11.2 Å². The lowest BCUT2D eigenvalue weighted by molar-refractivity contribution is -0.116. The van der Waals surface area contributed by atoms with Gasteiger partial charge in [-0.05, 0) is 25.5 Å². The zero-order valence-electron chi connectivity index (χ0n) is 9.89. The Balaban J connectivity index is 3.39. The average Bonchev–Trinajstić information content (AvgIpc) is 2.20. The van der Waals surface area contributed by atoms with Crippen molar-refractivity contribution >= 4 is 17.4 Å². The van der Waals surface area contributed by atoms with Crippen molar-refractivity contribution < 1.29 is 14.3 Å². The molecular weight excluding hydrogens is 228 g/mol. The number of Topliss-reactive ketones (excluding diaryl/α,β-unsaturated/α-hetero) is 1. The summed E-state index contributed by atoms with van der Waals surface area (Å²) in [4.78, 5) is 11.2. The zero-order chi connectivity index (χ0) is 12.3. The summed E-state index contributed by atoms with van der Waals surface area (Å²) in [7, 11) is 3.06. The molecule has 0 atom stereocenters. The van der Waals surface area contributed by atoms with Crippen LogP contribution in [0.2, 0.25) is 5.02 Å². The van der Waals surface area contributed by atoms with E-state index in [9.17, 15) is 4.79 Å². The largest absolute Gasteiger partial charge is 0.492 e. The molecule has 0 aliphatic rings. The highest BCUT2D eigenvalue weighted by molar-refractivity contribution is 6.32. The molecule has 16 heavy (non-hydrogen) atoms. The second kappa shape index (κ2) is 5.21. The van der Waals surface area contributed by atoms with Gasteiger partial charge in [-0.25, -0.2) is 0 Å². The molecule has 0 saturated heterocycles. The first kappa shape index (κ1) is 12.8. The SMILES string of the molecule is COc1c(Cl)cc(C)c(CC(C)=O)c1OC. The van der Waals surface area contributed by atoms with Crippen LogP contribution >= 0.6 is 11.6 Å². The third-order valence-electron chi connectivity index (χ3n) is 2.35. The fourth-order valence-corrected chi connectivity index (χ4v) is 1.97. The molecule has 0 bridgehead atoms. The van der Waals surface area contributed by atoms with Crippen molar-refractivity contribution in [1.29, 1.82) is 0 Å². The van der Waals surface area contributed by atoms with Gasteiger partial charge in [-0.1, -0.05) is 11.6 Å². The maximum atomic E-state index is 11.2. The lowest BCUT2D eigenvalue weighted by Crippen LogP contribution is -2.04. The van der Waals surface area contributed by atoms with E-state index in [1.807, 2.05) is 6.92 Å². The second-order valence-corrected chi connectivity index (χ2v) is 4.01. The van der Waals surface area contributed by atoms with Gasteiger partial charge in [0, 0.05) is 12.0 Å². The van der Waals surface area contributed by atoms with E-state index in [-0.39, 0.29) is 5.78 Å². The molecule has 0 heterocycles. The quantitative estimate of drug-likeness (QED) is 0.815. The molecule has 0 amide bonds. The van der Waals surface area contributed by atoms with Crippen LogP contribution in [0.1, 0.15) is 18.1 Å². The molecule has 0 saturated carbocycles. The maximum absolute atomic E-state index is 11.2. The molecule has 0 N–H and O–H groups in total. The molecule has 0 unspecified atom stereocenters. The minimum Gasteiger partial charge on any atom is -0.492 e. The van der Waals surface area contributed by atoms with E-state index >= 15 is 0 Å². The lowest BCUT2D eigenvalue weighted by atomic mass is 10.0. The van der Waals surface area contributed by atoms with Crippen molar-refractivity contribution in [2.24, 2.45) is 0 Å². The number of halogens is 1. The Bertz CT molecular complexity index is 413. The van der Waals surface area contributed by atoms with Gasteiger partial charge in [0.25, 0.3) is 0 Å². The number of carbonyl (C=O) groups is 1. The van der Waals surface area contributed by atoms with E-state index in [0.29, 0.717) is 22.9 Å². The Morgan fingerprint density at radius 3 is 2.31 bits per heavy atom. The van der Waals surface area contributed by atoms with Gasteiger partial charge in [-0.15, -0.1) is 0 Å². The van der Waals surface area contributed by atoms with Gasteiger partial charge in [0.05, 0.1) is 19.2 Å².